The van der Waals surface area contributed by atoms with Crippen LogP contribution in [0.4, 0.5) is 10.2 Å². The zero-order valence-corrected chi connectivity index (χ0v) is 5.82. The minimum atomic E-state index is -0.401. The smallest absolute Gasteiger partial charge is 0.187 e. The van der Waals surface area contributed by atoms with Gasteiger partial charge in [-0.25, -0.2) is 4.39 Å². The van der Waals surface area contributed by atoms with Gasteiger partial charge in [0.25, 0.3) is 0 Å². The maximum absolute atomic E-state index is 12.7. The number of nitrogen functional groups attached to an aromatic ring is 1. The van der Waals surface area contributed by atoms with Crippen molar-refractivity contribution < 1.29 is 4.39 Å². The highest BCUT2D eigenvalue weighted by atomic mass is 19.1. The molecule has 0 atom stereocenters. The first-order valence-electron chi connectivity index (χ1n) is 3.24. The van der Waals surface area contributed by atoms with Gasteiger partial charge in [-0.1, -0.05) is 13.3 Å². The lowest BCUT2D eigenvalue weighted by Crippen LogP contribution is -1.89. The fraction of sp³-hybridized carbons (Fsp3) is 0.500. The van der Waals surface area contributed by atoms with Crippen LogP contribution in [-0.4, -0.2) is 10.2 Å². The molecule has 1 aromatic rings. The van der Waals surface area contributed by atoms with Crippen molar-refractivity contribution in [1.82, 2.24) is 10.2 Å². The van der Waals surface area contributed by atoms with Gasteiger partial charge in [0.05, 0.1) is 5.69 Å². The molecule has 0 amide bonds. The lowest BCUT2D eigenvalue weighted by molar-refractivity contribution is 0.611. The highest BCUT2D eigenvalue weighted by molar-refractivity contribution is 5.31. The van der Waals surface area contributed by atoms with E-state index in [4.69, 9.17) is 5.73 Å². The van der Waals surface area contributed by atoms with Gasteiger partial charge in [0, 0.05) is 0 Å². The van der Waals surface area contributed by atoms with Crippen LogP contribution < -0.4 is 5.73 Å². The molecule has 0 radical (unpaired) electrons. The van der Waals surface area contributed by atoms with Crippen LogP contribution in [0.5, 0.6) is 0 Å². The van der Waals surface area contributed by atoms with Gasteiger partial charge in [0.15, 0.2) is 11.6 Å². The second-order valence-corrected chi connectivity index (χ2v) is 2.15. The largest absolute Gasteiger partial charge is 0.380 e. The Kier molecular flexibility index (Phi) is 1.89. The minimum Gasteiger partial charge on any atom is -0.380 e. The maximum atomic E-state index is 12.7. The van der Waals surface area contributed by atoms with Crippen molar-refractivity contribution in [2.45, 2.75) is 19.8 Å². The van der Waals surface area contributed by atoms with Crippen molar-refractivity contribution in [2.75, 3.05) is 5.73 Å². The van der Waals surface area contributed by atoms with Gasteiger partial charge < -0.3 is 5.73 Å². The van der Waals surface area contributed by atoms with Crippen molar-refractivity contribution in [3.05, 3.63) is 11.5 Å². The third-order valence-electron chi connectivity index (χ3n) is 1.30. The summed E-state index contributed by atoms with van der Waals surface area (Å²) >= 11 is 0. The number of rotatable bonds is 2. The van der Waals surface area contributed by atoms with Gasteiger partial charge in [-0.3, -0.25) is 5.10 Å². The van der Waals surface area contributed by atoms with Crippen LogP contribution in [0.2, 0.25) is 0 Å². The molecule has 3 nitrogen and oxygen atoms in total. The Morgan fingerprint density at radius 3 is 2.80 bits per heavy atom. The Morgan fingerprint density at radius 1 is 1.70 bits per heavy atom. The summed E-state index contributed by atoms with van der Waals surface area (Å²) in [7, 11) is 0. The molecule has 0 aromatic carbocycles. The topological polar surface area (TPSA) is 54.7 Å². The number of aryl methyl sites for hydroxylation is 1. The first-order valence-corrected chi connectivity index (χ1v) is 3.24. The van der Waals surface area contributed by atoms with Gasteiger partial charge in [0.2, 0.25) is 0 Å². The molecular weight excluding hydrogens is 133 g/mol. The number of nitrogens with zero attached hydrogens (tertiary/aromatic N) is 1. The third-order valence-corrected chi connectivity index (χ3v) is 1.30. The number of nitrogens with one attached hydrogen (secondary N) is 1. The lowest BCUT2D eigenvalue weighted by atomic mass is 10.2. The number of aromatic amines is 1. The molecular formula is C6H10FN3. The Labute approximate surface area is 58.4 Å². The van der Waals surface area contributed by atoms with E-state index in [9.17, 15) is 4.39 Å². The van der Waals surface area contributed by atoms with Gasteiger partial charge in [-0.15, -0.1) is 0 Å². The van der Waals surface area contributed by atoms with E-state index in [0.29, 0.717) is 12.1 Å². The van der Waals surface area contributed by atoms with Crippen molar-refractivity contribution in [3.8, 4) is 0 Å². The summed E-state index contributed by atoms with van der Waals surface area (Å²) in [6, 6.07) is 0. The number of H-pyrrole nitrogens is 1. The zero-order chi connectivity index (χ0) is 7.56. The summed E-state index contributed by atoms with van der Waals surface area (Å²) in [6.45, 7) is 1.97. The van der Waals surface area contributed by atoms with Gasteiger partial charge in [-0.05, 0) is 6.42 Å². The number of hydrogen-bond acceptors (Lipinski definition) is 2. The summed E-state index contributed by atoms with van der Waals surface area (Å²) in [5.41, 5.74) is 5.65. The van der Waals surface area contributed by atoms with E-state index in [-0.39, 0.29) is 5.82 Å². The van der Waals surface area contributed by atoms with E-state index in [2.05, 4.69) is 10.2 Å². The fourth-order valence-electron chi connectivity index (χ4n) is 0.796. The number of aromatic nitrogens is 2. The molecule has 0 aliphatic carbocycles. The van der Waals surface area contributed by atoms with E-state index in [1.165, 1.54) is 0 Å². The molecule has 1 heterocycles. The predicted molar refractivity (Wildman–Crippen MR) is 37.0 cm³/mol. The summed E-state index contributed by atoms with van der Waals surface area (Å²) in [5.74, 6) is -0.440. The quantitative estimate of drug-likeness (QED) is 0.651. The Balaban J connectivity index is 2.83. The highest BCUT2D eigenvalue weighted by Gasteiger charge is 2.07. The van der Waals surface area contributed by atoms with Crippen molar-refractivity contribution in [3.63, 3.8) is 0 Å². The second kappa shape index (κ2) is 2.68. The molecule has 56 valence electrons. The Morgan fingerprint density at radius 2 is 2.40 bits per heavy atom. The summed E-state index contributed by atoms with van der Waals surface area (Å²) in [5, 5.41) is 6.04. The molecule has 0 unspecified atom stereocenters. The van der Waals surface area contributed by atoms with E-state index in [1.807, 2.05) is 6.92 Å². The average molecular weight is 143 g/mol. The van der Waals surface area contributed by atoms with Crippen molar-refractivity contribution in [1.29, 1.82) is 0 Å². The Bertz CT molecular complexity index is 219. The first-order chi connectivity index (χ1) is 4.75. The van der Waals surface area contributed by atoms with Gasteiger partial charge >= 0.3 is 0 Å². The number of halogens is 1. The second-order valence-electron chi connectivity index (χ2n) is 2.15. The summed E-state index contributed by atoms with van der Waals surface area (Å²) in [4.78, 5) is 0. The molecule has 1 rings (SSSR count). The van der Waals surface area contributed by atoms with Crippen molar-refractivity contribution in [2.24, 2.45) is 0 Å². The van der Waals surface area contributed by atoms with Crippen LogP contribution >= 0.6 is 0 Å². The Hall–Kier alpha value is -1.06. The standard InChI is InChI=1S/C6H10FN3/c1-2-3-4-5(7)6(8)10-9-4/h2-3H2,1H3,(H3,8,9,10). The van der Waals surface area contributed by atoms with E-state index < -0.39 is 5.82 Å². The summed E-state index contributed by atoms with van der Waals surface area (Å²) < 4.78 is 12.7. The maximum Gasteiger partial charge on any atom is 0.187 e. The SMILES string of the molecule is CCCc1[nH]nc(N)c1F. The summed E-state index contributed by atoms with van der Waals surface area (Å²) in [6.07, 6.45) is 1.55. The molecule has 4 heteroatoms. The monoisotopic (exact) mass is 143 g/mol. The molecule has 0 saturated heterocycles. The molecule has 1 aromatic heterocycles. The molecule has 0 fully saturated rings. The molecule has 3 N–H and O–H groups in total. The predicted octanol–water partition coefficient (Wildman–Crippen LogP) is 1.08. The first kappa shape index (κ1) is 7.05. The number of hydrogen-bond donors (Lipinski definition) is 2. The molecule has 0 spiro atoms. The minimum absolute atomic E-state index is 0.0385. The zero-order valence-electron chi connectivity index (χ0n) is 5.82. The van der Waals surface area contributed by atoms with Crippen LogP contribution in [0.25, 0.3) is 0 Å². The van der Waals surface area contributed by atoms with Crippen LogP contribution in [0.3, 0.4) is 0 Å². The van der Waals surface area contributed by atoms with Crippen LogP contribution in [0, 0.1) is 5.82 Å². The van der Waals surface area contributed by atoms with Crippen LogP contribution in [0.1, 0.15) is 19.0 Å². The molecule has 0 saturated carbocycles. The van der Waals surface area contributed by atoms with E-state index >= 15 is 0 Å². The molecule has 10 heavy (non-hydrogen) atoms. The van der Waals surface area contributed by atoms with Crippen molar-refractivity contribution >= 4 is 5.82 Å². The van der Waals surface area contributed by atoms with Crippen LogP contribution in [-0.2, 0) is 6.42 Å². The molecule has 0 aliphatic rings. The average Bonchev–Trinajstić information content (AvgIpc) is 2.20. The highest BCUT2D eigenvalue weighted by Crippen LogP contribution is 2.11. The number of nitrogens with two attached hydrogens (primary N) is 1. The number of anilines is 1. The molecule has 0 aliphatic heterocycles. The lowest BCUT2D eigenvalue weighted by Gasteiger charge is -1.89. The van der Waals surface area contributed by atoms with Crippen LogP contribution in [0.15, 0.2) is 0 Å². The van der Waals surface area contributed by atoms with Gasteiger partial charge in [-0.2, -0.15) is 5.10 Å². The molecule has 0 bridgehead atoms. The van der Waals surface area contributed by atoms with Gasteiger partial charge in [0.1, 0.15) is 0 Å². The van der Waals surface area contributed by atoms with E-state index in [1.54, 1.807) is 0 Å². The fourth-order valence-corrected chi connectivity index (χ4v) is 0.796. The van der Waals surface area contributed by atoms with E-state index in [0.717, 1.165) is 6.42 Å². The third kappa shape index (κ3) is 1.10. The normalized spacial score (nSPS) is 10.2.